The molecule has 4 rings (SSSR count). The lowest BCUT2D eigenvalue weighted by Crippen LogP contribution is -2.37. The minimum Gasteiger partial charge on any atom is -0.508 e. The summed E-state index contributed by atoms with van der Waals surface area (Å²) in [5.41, 5.74) is 2.58. The largest absolute Gasteiger partial charge is 0.508 e. The van der Waals surface area contributed by atoms with Crippen LogP contribution < -0.4 is 0 Å². The third kappa shape index (κ3) is 1.97. The van der Waals surface area contributed by atoms with Gasteiger partial charge in [-0.05, 0) is 79.0 Å². The highest BCUT2D eigenvalue weighted by Gasteiger charge is 2.52. The molecule has 2 saturated carbocycles. The number of benzene rings is 1. The standard InChI is InChI=1S/C18H22O4/c19-10-2-4-11-9(7-10)1-3-13-12(11)5-6-14-15(13)8-16(17(14)20)18(21)22/h2,4,7,12-17,19-20H,1,3,5-6,8H2,(H,21,22)/t12-,13-,14?,15+,16-,17-/m1/s1. The van der Waals surface area contributed by atoms with Crippen LogP contribution in [0.3, 0.4) is 0 Å². The Labute approximate surface area is 129 Å². The first-order chi connectivity index (χ1) is 10.6. The van der Waals surface area contributed by atoms with E-state index in [1.54, 1.807) is 6.07 Å². The maximum Gasteiger partial charge on any atom is 0.309 e. The number of aryl methyl sites for hydroxylation is 1. The van der Waals surface area contributed by atoms with Crippen LogP contribution in [0.15, 0.2) is 18.2 Å². The van der Waals surface area contributed by atoms with Crippen LogP contribution in [0.2, 0.25) is 0 Å². The van der Waals surface area contributed by atoms with Gasteiger partial charge in [0.1, 0.15) is 5.75 Å². The molecule has 0 spiro atoms. The molecular weight excluding hydrogens is 280 g/mol. The fraction of sp³-hybridized carbons (Fsp3) is 0.611. The minimum absolute atomic E-state index is 0.154. The average Bonchev–Trinajstić information content (AvgIpc) is 2.84. The molecule has 118 valence electrons. The molecule has 0 aliphatic heterocycles. The van der Waals surface area contributed by atoms with Crippen molar-refractivity contribution >= 4 is 5.97 Å². The molecule has 22 heavy (non-hydrogen) atoms. The predicted molar refractivity (Wildman–Crippen MR) is 80.6 cm³/mol. The van der Waals surface area contributed by atoms with Crippen molar-refractivity contribution in [2.75, 3.05) is 0 Å². The topological polar surface area (TPSA) is 77.8 Å². The maximum absolute atomic E-state index is 11.4. The fourth-order valence-electron chi connectivity index (χ4n) is 5.46. The lowest BCUT2D eigenvalue weighted by molar-refractivity contribution is -0.145. The lowest BCUT2D eigenvalue weighted by atomic mass is 9.61. The molecule has 0 heterocycles. The van der Waals surface area contributed by atoms with Gasteiger partial charge in [-0.15, -0.1) is 0 Å². The van der Waals surface area contributed by atoms with Crippen molar-refractivity contribution in [1.29, 1.82) is 0 Å². The van der Waals surface area contributed by atoms with E-state index in [1.165, 1.54) is 11.1 Å². The van der Waals surface area contributed by atoms with E-state index in [1.807, 2.05) is 12.1 Å². The monoisotopic (exact) mass is 302 g/mol. The van der Waals surface area contributed by atoms with E-state index in [4.69, 9.17) is 0 Å². The normalized spacial score (nSPS) is 39.7. The molecule has 3 aliphatic carbocycles. The summed E-state index contributed by atoms with van der Waals surface area (Å²) in [4.78, 5) is 11.4. The molecule has 3 N–H and O–H groups in total. The summed E-state index contributed by atoms with van der Waals surface area (Å²) in [7, 11) is 0. The van der Waals surface area contributed by atoms with E-state index >= 15 is 0 Å². The molecule has 4 heteroatoms. The second-order valence-electron chi connectivity index (χ2n) is 7.27. The number of aliphatic hydroxyl groups excluding tert-OH is 1. The van der Waals surface area contributed by atoms with E-state index in [0.29, 0.717) is 29.9 Å². The highest BCUT2D eigenvalue weighted by atomic mass is 16.4. The van der Waals surface area contributed by atoms with Crippen molar-refractivity contribution in [2.45, 2.75) is 44.1 Å². The van der Waals surface area contributed by atoms with Crippen molar-refractivity contribution in [3.63, 3.8) is 0 Å². The van der Waals surface area contributed by atoms with Gasteiger partial charge in [-0.25, -0.2) is 0 Å². The van der Waals surface area contributed by atoms with Gasteiger partial charge in [-0.1, -0.05) is 6.07 Å². The second kappa shape index (κ2) is 4.98. The van der Waals surface area contributed by atoms with Crippen molar-refractivity contribution < 1.29 is 20.1 Å². The van der Waals surface area contributed by atoms with Crippen LogP contribution in [0.25, 0.3) is 0 Å². The van der Waals surface area contributed by atoms with Crippen molar-refractivity contribution in [2.24, 2.45) is 23.7 Å². The molecule has 0 bridgehead atoms. The van der Waals surface area contributed by atoms with Gasteiger partial charge >= 0.3 is 5.97 Å². The van der Waals surface area contributed by atoms with Crippen LogP contribution in [0.5, 0.6) is 5.75 Å². The van der Waals surface area contributed by atoms with Gasteiger partial charge in [0.2, 0.25) is 0 Å². The van der Waals surface area contributed by atoms with Crippen LogP contribution >= 0.6 is 0 Å². The summed E-state index contributed by atoms with van der Waals surface area (Å²) in [6, 6.07) is 5.68. The first-order valence-corrected chi connectivity index (χ1v) is 8.29. The molecular formula is C18H22O4. The van der Waals surface area contributed by atoms with Crippen molar-refractivity contribution in [1.82, 2.24) is 0 Å². The Morgan fingerprint density at radius 3 is 2.68 bits per heavy atom. The Balaban J connectivity index is 1.65. The summed E-state index contributed by atoms with van der Waals surface area (Å²) in [6.45, 7) is 0. The lowest BCUT2D eigenvalue weighted by Gasteiger charge is -2.44. The fourth-order valence-corrected chi connectivity index (χ4v) is 5.46. The number of aliphatic hydroxyl groups is 1. The van der Waals surface area contributed by atoms with Gasteiger partial charge in [0.25, 0.3) is 0 Å². The highest BCUT2D eigenvalue weighted by molar-refractivity contribution is 5.71. The minimum atomic E-state index is -0.848. The number of rotatable bonds is 1. The molecule has 4 nitrogen and oxygen atoms in total. The Morgan fingerprint density at radius 2 is 1.91 bits per heavy atom. The predicted octanol–water partition coefficient (Wildman–Crippen LogP) is 2.53. The van der Waals surface area contributed by atoms with Crippen molar-refractivity contribution in [3.05, 3.63) is 29.3 Å². The molecule has 0 aromatic heterocycles. The number of carboxylic acids is 1. The quantitative estimate of drug-likeness (QED) is 0.745. The number of aliphatic carboxylic acids is 1. The van der Waals surface area contributed by atoms with E-state index in [0.717, 1.165) is 25.7 Å². The second-order valence-corrected chi connectivity index (χ2v) is 7.27. The number of hydrogen-bond donors (Lipinski definition) is 3. The van der Waals surface area contributed by atoms with Crippen LogP contribution in [-0.2, 0) is 11.2 Å². The summed E-state index contributed by atoms with van der Waals surface area (Å²) in [5.74, 6) is 0.320. The van der Waals surface area contributed by atoms with Crippen molar-refractivity contribution in [3.8, 4) is 5.75 Å². The molecule has 1 aromatic carbocycles. The van der Waals surface area contributed by atoms with E-state index in [2.05, 4.69) is 0 Å². The number of aromatic hydroxyl groups is 1. The average molecular weight is 302 g/mol. The van der Waals surface area contributed by atoms with Gasteiger partial charge in [-0.3, -0.25) is 4.79 Å². The summed E-state index contributed by atoms with van der Waals surface area (Å²) in [5, 5.41) is 29.4. The Bertz CT molecular complexity index is 611. The third-order valence-electron chi connectivity index (χ3n) is 6.39. The number of carboxylic acid groups (broad SMARTS) is 1. The summed E-state index contributed by atoms with van der Waals surface area (Å²) in [6.07, 6.45) is 3.87. The number of fused-ring (bicyclic) bond motifs is 5. The third-order valence-corrected chi connectivity index (χ3v) is 6.39. The zero-order valence-corrected chi connectivity index (χ0v) is 12.5. The van der Waals surface area contributed by atoms with Crippen LogP contribution in [0.1, 0.15) is 42.7 Å². The van der Waals surface area contributed by atoms with Crippen LogP contribution in [0, 0.1) is 23.7 Å². The molecule has 1 aromatic rings. The molecule has 0 saturated heterocycles. The molecule has 0 radical (unpaired) electrons. The number of phenols is 1. The van der Waals surface area contributed by atoms with Crippen LogP contribution in [-0.4, -0.2) is 27.4 Å². The zero-order chi connectivity index (χ0) is 15.4. The smallest absolute Gasteiger partial charge is 0.309 e. The van der Waals surface area contributed by atoms with Gasteiger partial charge in [-0.2, -0.15) is 0 Å². The van der Waals surface area contributed by atoms with E-state index in [-0.39, 0.29) is 5.92 Å². The maximum atomic E-state index is 11.4. The zero-order valence-electron chi connectivity index (χ0n) is 12.5. The molecule has 0 amide bonds. The van der Waals surface area contributed by atoms with E-state index in [9.17, 15) is 20.1 Å². The summed E-state index contributed by atoms with van der Waals surface area (Å²) >= 11 is 0. The van der Waals surface area contributed by atoms with Gasteiger partial charge < -0.3 is 15.3 Å². The van der Waals surface area contributed by atoms with Gasteiger partial charge in [0.15, 0.2) is 0 Å². The molecule has 6 atom stereocenters. The Morgan fingerprint density at radius 1 is 1.09 bits per heavy atom. The number of hydrogen-bond acceptors (Lipinski definition) is 3. The molecule has 2 fully saturated rings. The number of phenolic OH excluding ortho intramolecular Hbond substituents is 1. The van der Waals surface area contributed by atoms with Gasteiger partial charge in [0.05, 0.1) is 12.0 Å². The molecule has 1 unspecified atom stereocenters. The Hall–Kier alpha value is -1.55. The summed E-state index contributed by atoms with van der Waals surface area (Å²) < 4.78 is 0. The highest BCUT2D eigenvalue weighted by Crippen LogP contribution is 2.56. The van der Waals surface area contributed by atoms with E-state index < -0.39 is 18.0 Å². The first kappa shape index (κ1) is 14.1. The first-order valence-electron chi connectivity index (χ1n) is 8.29. The SMILES string of the molecule is O=C(O)[C@@H]1C[C@@H]2C(CC[C@@H]3c4ccc(O)cc4CC[C@H]32)[C@H]1O. The molecule has 3 aliphatic rings. The Kier molecular flexibility index (Phi) is 3.19. The van der Waals surface area contributed by atoms with Crippen LogP contribution in [0.4, 0.5) is 0 Å². The van der Waals surface area contributed by atoms with Gasteiger partial charge in [0, 0.05) is 0 Å². The number of carbonyl (C=O) groups is 1.